The van der Waals surface area contributed by atoms with Crippen molar-refractivity contribution in [3.8, 4) is 0 Å². The predicted octanol–water partition coefficient (Wildman–Crippen LogP) is 0.392. The van der Waals surface area contributed by atoms with Crippen LogP contribution in [0.25, 0.3) is 0 Å². The van der Waals surface area contributed by atoms with Crippen LogP contribution in [-0.2, 0) is 14.3 Å². The van der Waals surface area contributed by atoms with Crippen LogP contribution in [0.1, 0.15) is 27.2 Å². The molecule has 0 unspecified atom stereocenters. The van der Waals surface area contributed by atoms with Crippen LogP contribution in [0.3, 0.4) is 0 Å². The highest BCUT2D eigenvalue weighted by Gasteiger charge is 2.15. The second-order valence-electron chi connectivity index (χ2n) is 3.91. The van der Waals surface area contributed by atoms with E-state index < -0.39 is 11.6 Å². The first-order valence-electron chi connectivity index (χ1n) is 4.45. The Morgan fingerprint density at radius 2 is 1.93 bits per heavy atom. The first kappa shape index (κ1) is 12.9. The summed E-state index contributed by atoms with van der Waals surface area (Å²) in [5.41, 5.74) is -0.494. The number of carbonyl (C=O) groups is 2. The monoisotopic (exact) mass is 203 g/mol. The number of ether oxygens (including phenoxy) is 1. The molecule has 0 radical (unpaired) electrons. The van der Waals surface area contributed by atoms with Crippen LogP contribution in [0.2, 0.25) is 0 Å². The van der Waals surface area contributed by atoms with E-state index in [0.29, 0.717) is 0 Å². The first-order chi connectivity index (χ1) is 6.31. The molecule has 0 saturated heterocycles. The van der Waals surface area contributed by atoms with Gasteiger partial charge in [-0.1, -0.05) is 0 Å². The first-order valence-corrected chi connectivity index (χ1v) is 4.45. The standard InChI is InChI=1S/C9H17NO4/c1-9(2,3)14-8(13)6-10-5-4-7(11)12/h10H,4-6H2,1-3H3,(H,11,12). The van der Waals surface area contributed by atoms with Crippen molar-refractivity contribution in [2.45, 2.75) is 32.8 Å². The SMILES string of the molecule is CC(C)(C)OC(=O)CNCCC(=O)O. The zero-order valence-electron chi connectivity index (χ0n) is 8.79. The van der Waals surface area contributed by atoms with Crippen LogP contribution < -0.4 is 5.32 Å². The van der Waals surface area contributed by atoms with Crippen molar-refractivity contribution in [1.82, 2.24) is 5.32 Å². The van der Waals surface area contributed by atoms with Gasteiger partial charge in [-0.2, -0.15) is 0 Å². The molecule has 0 aliphatic rings. The maximum absolute atomic E-state index is 11.1. The van der Waals surface area contributed by atoms with Crippen LogP contribution in [-0.4, -0.2) is 35.7 Å². The van der Waals surface area contributed by atoms with Crippen molar-refractivity contribution in [2.75, 3.05) is 13.1 Å². The average Bonchev–Trinajstić information content (AvgIpc) is 1.94. The van der Waals surface area contributed by atoms with Crippen LogP contribution in [0.4, 0.5) is 0 Å². The van der Waals surface area contributed by atoms with Gasteiger partial charge in [-0.25, -0.2) is 0 Å². The molecule has 0 rings (SSSR count). The summed E-state index contributed by atoms with van der Waals surface area (Å²) >= 11 is 0. The van der Waals surface area contributed by atoms with E-state index in [1.54, 1.807) is 20.8 Å². The molecule has 82 valence electrons. The number of carboxylic acids is 1. The molecule has 0 aromatic heterocycles. The van der Waals surface area contributed by atoms with E-state index in [1.807, 2.05) is 0 Å². The highest BCUT2D eigenvalue weighted by molar-refractivity contribution is 5.72. The van der Waals surface area contributed by atoms with E-state index in [-0.39, 0.29) is 25.5 Å². The summed E-state index contributed by atoms with van der Waals surface area (Å²) < 4.78 is 5.00. The second-order valence-corrected chi connectivity index (χ2v) is 3.91. The summed E-state index contributed by atoms with van der Waals surface area (Å²) in [5, 5.41) is 11.0. The lowest BCUT2D eigenvalue weighted by atomic mass is 10.2. The molecule has 0 saturated carbocycles. The number of carboxylic acid groups (broad SMARTS) is 1. The Hall–Kier alpha value is -1.10. The minimum Gasteiger partial charge on any atom is -0.481 e. The summed E-state index contributed by atoms with van der Waals surface area (Å²) in [7, 11) is 0. The average molecular weight is 203 g/mol. The van der Waals surface area contributed by atoms with Crippen molar-refractivity contribution >= 4 is 11.9 Å². The predicted molar refractivity (Wildman–Crippen MR) is 51.0 cm³/mol. The topological polar surface area (TPSA) is 75.6 Å². The molecule has 0 aromatic rings. The Labute approximate surface area is 83.4 Å². The van der Waals surface area contributed by atoms with Gasteiger partial charge in [0.2, 0.25) is 0 Å². The van der Waals surface area contributed by atoms with Gasteiger partial charge < -0.3 is 15.2 Å². The smallest absolute Gasteiger partial charge is 0.320 e. The van der Waals surface area contributed by atoms with Crippen LogP contribution in [0.5, 0.6) is 0 Å². The Kier molecular flexibility index (Phi) is 5.15. The number of carbonyl (C=O) groups excluding carboxylic acids is 1. The minimum atomic E-state index is -0.887. The molecule has 0 fully saturated rings. The number of aliphatic carboxylic acids is 1. The van der Waals surface area contributed by atoms with Crippen LogP contribution in [0.15, 0.2) is 0 Å². The fourth-order valence-corrected chi connectivity index (χ4v) is 0.763. The third kappa shape index (κ3) is 8.99. The molecule has 0 bridgehead atoms. The fraction of sp³-hybridized carbons (Fsp3) is 0.778. The summed E-state index contributed by atoms with van der Waals surface area (Å²) in [4.78, 5) is 21.2. The lowest BCUT2D eigenvalue weighted by Gasteiger charge is -2.19. The minimum absolute atomic E-state index is 0.00278. The third-order valence-electron chi connectivity index (χ3n) is 1.21. The van der Waals surface area contributed by atoms with Crippen molar-refractivity contribution in [3.05, 3.63) is 0 Å². The molecule has 0 aliphatic carbocycles. The molecule has 0 spiro atoms. The van der Waals surface area contributed by atoms with Crippen LogP contribution >= 0.6 is 0 Å². The highest BCUT2D eigenvalue weighted by Crippen LogP contribution is 2.05. The normalized spacial score (nSPS) is 11.1. The molecule has 0 aromatic carbocycles. The number of hydrogen-bond donors (Lipinski definition) is 2. The van der Waals surface area contributed by atoms with Crippen molar-refractivity contribution in [2.24, 2.45) is 0 Å². The number of nitrogens with one attached hydrogen (secondary N) is 1. The van der Waals surface area contributed by atoms with Crippen molar-refractivity contribution in [1.29, 1.82) is 0 Å². The van der Waals surface area contributed by atoms with Gasteiger partial charge in [0.1, 0.15) is 5.60 Å². The summed E-state index contributed by atoms with van der Waals surface area (Å²) in [6, 6.07) is 0. The van der Waals surface area contributed by atoms with Crippen molar-refractivity contribution in [3.63, 3.8) is 0 Å². The van der Waals surface area contributed by atoms with E-state index in [1.165, 1.54) is 0 Å². The van der Waals surface area contributed by atoms with Gasteiger partial charge >= 0.3 is 11.9 Å². The third-order valence-corrected chi connectivity index (χ3v) is 1.21. The maximum atomic E-state index is 11.1. The van der Waals surface area contributed by atoms with Gasteiger partial charge in [0, 0.05) is 6.54 Å². The van der Waals surface area contributed by atoms with Gasteiger partial charge in [0.15, 0.2) is 0 Å². The Morgan fingerprint density at radius 1 is 1.36 bits per heavy atom. The Bertz CT molecular complexity index is 207. The summed E-state index contributed by atoms with van der Waals surface area (Å²) in [5.74, 6) is -1.26. The maximum Gasteiger partial charge on any atom is 0.320 e. The van der Waals surface area contributed by atoms with Gasteiger partial charge in [-0.15, -0.1) is 0 Å². The quantitative estimate of drug-likeness (QED) is 0.499. The van der Waals surface area contributed by atoms with Crippen LogP contribution in [0, 0.1) is 0 Å². The molecule has 5 heteroatoms. The van der Waals surface area contributed by atoms with E-state index in [0.717, 1.165) is 0 Å². The molecule has 2 N–H and O–H groups in total. The fourth-order valence-electron chi connectivity index (χ4n) is 0.763. The van der Waals surface area contributed by atoms with E-state index in [9.17, 15) is 9.59 Å². The number of esters is 1. The second kappa shape index (κ2) is 5.59. The lowest BCUT2D eigenvalue weighted by Crippen LogP contribution is -2.32. The Morgan fingerprint density at radius 3 is 2.36 bits per heavy atom. The zero-order valence-corrected chi connectivity index (χ0v) is 8.79. The van der Waals surface area contributed by atoms with Gasteiger partial charge in [-0.05, 0) is 20.8 Å². The summed E-state index contributed by atoms with van der Waals surface area (Å²) in [6.07, 6.45) is 0.00278. The van der Waals surface area contributed by atoms with Gasteiger partial charge in [0.25, 0.3) is 0 Å². The number of rotatable bonds is 5. The van der Waals surface area contributed by atoms with E-state index in [4.69, 9.17) is 9.84 Å². The molecule has 14 heavy (non-hydrogen) atoms. The van der Waals surface area contributed by atoms with E-state index >= 15 is 0 Å². The molecular weight excluding hydrogens is 186 g/mol. The molecule has 0 aliphatic heterocycles. The highest BCUT2D eigenvalue weighted by atomic mass is 16.6. The Balaban J connectivity index is 3.50. The van der Waals surface area contributed by atoms with Crippen molar-refractivity contribution < 1.29 is 19.4 Å². The molecule has 0 amide bonds. The van der Waals surface area contributed by atoms with Gasteiger partial charge in [-0.3, -0.25) is 9.59 Å². The molecular formula is C9H17NO4. The molecule has 0 atom stereocenters. The zero-order chi connectivity index (χ0) is 11.2. The van der Waals surface area contributed by atoms with E-state index in [2.05, 4.69) is 5.32 Å². The number of hydrogen-bond acceptors (Lipinski definition) is 4. The van der Waals surface area contributed by atoms with Gasteiger partial charge in [0.05, 0.1) is 13.0 Å². The lowest BCUT2D eigenvalue weighted by molar-refractivity contribution is -0.153. The molecule has 5 nitrogen and oxygen atoms in total. The largest absolute Gasteiger partial charge is 0.481 e. The summed E-state index contributed by atoms with van der Waals surface area (Å²) in [6.45, 7) is 5.66. The molecule has 0 heterocycles.